The van der Waals surface area contributed by atoms with Crippen LogP contribution < -0.4 is 11.1 Å². The third kappa shape index (κ3) is 5.30. The van der Waals surface area contributed by atoms with Crippen LogP contribution in [0.3, 0.4) is 0 Å². The zero-order valence-corrected chi connectivity index (χ0v) is 15.1. The number of benzene rings is 1. The number of hydrogen-bond donors (Lipinski definition) is 2. The van der Waals surface area contributed by atoms with Crippen LogP contribution in [0.15, 0.2) is 30.3 Å². The molecular weight excluding hydrogens is 300 g/mol. The number of hydrogen-bond acceptors (Lipinski definition) is 4. The predicted molar refractivity (Wildman–Crippen MR) is 98.8 cm³/mol. The van der Waals surface area contributed by atoms with Crippen LogP contribution >= 0.6 is 0 Å². The molecule has 1 atom stereocenters. The van der Waals surface area contributed by atoms with Gasteiger partial charge >= 0.3 is 0 Å². The number of carbonyl (C=O) groups excluding carboxylic acids is 1. The van der Waals surface area contributed by atoms with Crippen LogP contribution in [-0.4, -0.2) is 61.5 Å². The number of piperazine rings is 1. The van der Waals surface area contributed by atoms with Crippen LogP contribution in [0.1, 0.15) is 32.3 Å². The van der Waals surface area contributed by atoms with E-state index in [4.69, 9.17) is 5.73 Å². The molecule has 0 radical (unpaired) electrons. The zero-order valence-electron chi connectivity index (χ0n) is 15.1. The van der Waals surface area contributed by atoms with Crippen LogP contribution in [0.5, 0.6) is 0 Å². The highest BCUT2D eigenvalue weighted by Crippen LogP contribution is 2.17. The number of nitrogens with zero attached hydrogens (tertiary/aromatic N) is 2. The van der Waals surface area contributed by atoms with Crippen LogP contribution in [-0.2, 0) is 10.3 Å². The van der Waals surface area contributed by atoms with Gasteiger partial charge in [0.25, 0.3) is 0 Å². The summed E-state index contributed by atoms with van der Waals surface area (Å²) >= 11 is 0. The molecule has 1 aromatic rings. The van der Waals surface area contributed by atoms with Crippen molar-refractivity contribution in [2.45, 2.75) is 32.2 Å². The highest BCUT2D eigenvalue weighted by molar-refractivity contribution is 5.86. The second kappa shape index (κ2) is 9.16. The minimum Gasteiger partial charge on any atom is -0.354 e. The van der Waals surface area contributed by atoms with E-state index in [1.165, 1.54) is 13.1 Å². The van der Waals surface area contributed by atoms with Gasteiger partial charge in [-0.1, -0.05) is 37.3 Å². The molecule has 1 saturated heterocycles. The van der Waals surface area contributed by atoms with E-state index >= 15 is 0 Å². The molecule has 0 saturated carbocycles. The van der Waals surface area contributed by atoms with Crippen LogP contribution in [0, 0.1) is 0 Å². The van der Waals surface area contributed by atoms with Gasteiger partial charge in [-0.25, -0.2) is 0 Å². The van der Waals surface area contributed by atoms with Gasteiger partial charge in [-0.2, -0.15) is 0 Å². The molecule has 1 fully saturated rings. The molecule has 1 unspecified atom stereocenters. The van der Waals surface area contributed by atoms with Crippen molar-refractivity contribution in [2.75, 3.05) is 45.8 Å². The number of likely N-dealkylation sites (N-methyl/N-ethyl adjacent to an activating group) is 1. The average molecular weight is 332 g/mol. The minimum atomic E-state index is -0.974. The van der Waals surface area contributed by atoms with E-state index in [1.807, 2.05) is 30.3 Å². The molecule has 1 aromatic carbocycles. The predicted octanol–water partition coefficient (Wildman–Crippen LogP) is 1.39. The third-order valence-electron chi connectivity index (χ3n) is 4.94. The number of unbranched alkanes of at least 4 members (excludes halogenated alkanes) is 1. The normalized spacial score (nSPS) is 19.0. The number of amides is 1. The standard InChI is InChI=1S/C19H32N4O/c1-3-22-13-15-23(16-14-22)12-8-7-11-21-18(24)19(2,20)17-9-5-4-6-10-17/h4-6,9-10H,3,7-8,11-16,20H2,1-2H3,(H,21,24). The quantitative estimate of drug-likeness (QED) is 0.706. The molecule has 0 aromatic heterocycles. The molecule has 134 valence electrons. The highest BCUT2D eigenvalue weighted by Gasteiger charge is 2.29. The van der Waals surface area contributed by atoms with E-state index in [-0.39, 0.29) is 5.91 Å². The summed E-state index contributed by atoms with van der Waals surface area (Å²) in [5.41, 5.74) is 6.08. The zero-order chi connectivity index (χ0) is 17.4. The fourth-order valence-corrected chi connectivity index (χ4v) is 3.09. The molecule has 1 aliphatic heterocycles. The van der Waals surface area contributed by atoms with Gasteiger partial charge in [0.2, 0.25) is 5.91 Å². The van der Waals surface area contributed by atoms with E-state index in [2.05, 4.69) is 22.0 Å². The molecule has 1 heterocycles. The third-order valence-corrected chi connectivity index (χ3v) is 4.94. The van der Waals surface area contributed by atoms with Crippen molar-refractivity contribution < 1.29 is 4.79 Å². The van der Waals surface area contributed by atoms with Crippen molar-refractivity contribution in [3.8, 4) is 0 Å². The topological polar surface area (TPSA) is 61.6 Å². The molecule has 24 heavy (non-hydrogen) atoms. The number of nitrogens with one attached hydrogen (secondary N) is 1. The lowest BCUT2D eigenvalue weighted by Crippen LogP contribution is -2.49. The lowest BCUT2D eigenvalue weighted by molar-refractivity contribution is -0.126. The summed E-state index contributed by atoms with van der Waals surface area (Å²) in [5, 5.41) is 2.98. The van der Waals surface area contributed by atoms with Crippen molar-refractivity contribution in [3.63, 3.8) is 0 Å². The first-order valence-electron chi connectivity index (χ1n) is 9.11. The van der Waals surface area contributed by atoms with Crippen LogP contribution in [0.25, 0.3) is 0 Å². The fourth-order valence-electron chi connectivity index (χ4n) is 3.09. The van der Waals surface area contributed by atoms with Gasteiger partial charge in [-0.05, 0) is 38.4 Å². The summed E-state index contributed by atoms with van der Waals surface area (Å²) < 4.78 is 0. The summed E-state index contributed by atoms with van der Waals surface area (Å²) in [5.74, 6) is -0.106. The van der Waals surface area contributed by atoms with Gasteiger partial charge in [0.05, 0.1) is 0 Å². The summed E-state index contributed by atoms with van der Waals surface area (Å²) in [7, 11) is 0. The number of rotatable bonds is 8. The van der Waals surface area contributed by atoms with Crippen molar-refractivity contribution in [3.05, 3.63) is 35.9 Å². The monoisotopic (exact) mass is 332 g/mol. The number of carbonyl (C=O) groups is 1. The van der Waals surface area contributed by atoms with E-state index in [0.29, 0.717) is 6.54 Å². The van der Waals surface area contributed by atoms with E-state index in [0.717, 1.165) is 44.6 Å². The van der Waals surface area contributed by atoms with Crippen LogP contribution in [0.4, 0.5) is 0 Å². The molecule has 0 aliphatic carbocycles. The maximum Gasteiger partial charge on any atom is 0.244 e. The van der Waals surface area contributed by atoms with Crippen LogP contribution in [0.2, 0.25) is 0 Å². The first-order valence-corrected chi connectivity index (χ1v) is 9.11. The van der Waals surface area contributed by atoms with Gasteiger partial charge in [0, 0.05) is 32.7 Å². The largest absolute Gasteiger partial charge is 0.354 e. The fraction of sp³-hybridized carbons (Fsp3) is 0.632. The van der Waals surface area contributed by atoms with Gasteiger partial charge in [-0.3, -0.25) is 4.79 Å². The SMILES string of the molecule is CCN1CCN(CCCCNC(=O)C(C)(N)c2ccccc2)CC1. The van der Waals surface area contributed by atoms with E-state index < -0.39 is 5.54 Å². The van der Waals surface area contributed by atoms with Crippen molar-refractivity contribution in [1.29, 1.82) is 0 Å². The Hall–Kier alpha value is -1.43. The average Bonchev–Trinajstić information content (AvgIpc) is 2.62. The molecule has 0 spiro atoms. The van der Waals surface area contributed by atoms with Crippen molar-refractivity contribution in [1.82, 2.24) is 15.1 Å². The van der Waals surface area contributed by atoms with Crippen molar-refractivity contribution in [2.24, 2.45) is 5.73 Å². The summed E-state index contributed by atoms with van der Waals surface area (Å²) in [6.07, 6.45) is 2.10. The maximum atomic E-state index is 12.3. The smallest absolute Gasteiger partial charge is 0.244 e. The molecule has 1 amide bonds. The van der Waals surface area contributed by atoms with Gasteiger partial charge < -0.3 is 20.9 Å². The summed E-state index contributed by atoms with van der Waals surface area (Å²) in [6, 6.07) is 9.54. The summed E-state index contributed by atoms with van der Waals surface area (Å²) in [4.78, 5) is 17.4. The lowest BCUT2D eigenvalue weighted by atomic mass is 9.92. The lowest BCUT2D eigenvalue weighted by Gasteiger charge is -2.34. The first-order chi connectivity index (χ1) is 11.5. The Bertz CT molecular complexity index is 495. The Labute approximate surface area is 146 Å². The minimum absolute atomic E-state index is 0.106. The van der Waals surface area contributed by atoms with E-state index in [1.54, 1.807) is 6.92 Å². The van der Waals surface area contributed by atoms with E-state index in [9.17, 15) is 4.79 Å². The Kier molecular flexibility index (Phi) is 7.21. The Morgan fingerprint density at radius 3 is 2.38 bits per heavy atom. The second-order valence-electron chi connectivity index (χ2n) is 6.81. The second-order valence-corrected chi connectivity index (χ2v) is 6.81. The highest BCUT2D eigenvalue weighted by atomic mass is 16.2. The van der Waals surface area contributed by atoms with Crippen molar-refractivity contribution >= 4 is 5.91 Å². The van der Waals surface area contributed by atoms with Gasteiger partial charge in [-0.15, -0.1) is 0 Å². The van der Waals surface area contributed by atoms with Gasteiger partial charge in [0.15, 0.2) is 0 Å². The Balaban J connectivity index is 1.63. The van der Waals surface area contributed by atoms with Gasteiger partial charge in [0.1, 0.15) is 5.54 Å². The molecular formula is C19H32N4O. The molecule has 5 heteroatoms. The Morgan fingerprint density at radius 1 is 1.12 bits per heavy atom. The molecule has 3 N–H and O–H groups in total. The molecule has 1 aliphatic rings. The Morgan fingerprint density at radius 2 is 1.75 bits per heavy atom. The first kappa shape index (κ1) is 18.9. The maximum absolute atomic E-state index is 12.3. The number of nitrogens with two attached hydrogens (primary N) is 1. The molecule has 0 bridgehead atoms. The molecule has 2 rings (SSSR count). The summed E-state index contributed by atoms with van der Waals surface area (Å²) in [6.45, 7) is 11.6. The molecule has 5 nitrogen and oxygen atoms in total.